The highest BCUT2D eigenvalue weighted by Crippen LogP contribution is 2.35. The van der Waals surface area contributed by atoms with Gasteiger partial charge in [-0.2, -0.15) is 0 Å². The summed E-state index contributed by atoms with van der Waals surface area (Å²) in [4.78, 5) is 7.03. The van der Waals surface area contributed by atoms with Gasteiger partial charge in [0.25, 0.3) is 0 Å². The van der Waals surface area contributed by atoms with Gasteiger partial charge in [-0.25, -0.2) is 4.99 Å². The maximum absolute atomic E-state index is 5.89. The molecule has 1 aromatic carbocycles. The summed E-state index contributed by atoms with van der Waals surface area (Å²) in [5.41, 5.74) is 2.26. The zero-order valence-electron chi connectivity index (χ0n) is 16.8. The lowest BCUT2D eigenvalue weighted by Crippen LogP contribution is -2.41. The molecule has 0 radical (unpaired) electrons. The van der Waals surface area contributed by atoms with Gasteiger partial charge in [-0.3, -0.25) is 0 Å². The second-order valence-electron chi connectivity index (χ2n) is 7.18. The fourth-order valence-electron chi connectivity index (χ4n) is 3.63. The third kappa shape index (κ3) is 5.63. The van der Waals surface area contributed by atoms with Crippen molar-refractivity contribution in [2.45, 2.75) is 39.3 Å². The summed E-state index contributed by atoms with van der Waals surface area (Å²) in [5, 5.41) is 3.39. The molecule has 1 fully saturated rings. The Hall–Kier alpha value is -1.22. The van der Waals surface area contributed by atoms with Crippen molar-refractivity contribution in [2.75, 3.05) is 40.5 Å². The first-order valence-corrected chi connectivity index (χ1v) is 9.54. The van der Waals surface area contributed by atoms with Crippen LogP contribution in [0, 0.1) is 5.92 Å². The van der Waals surface area contributed by atoms with Gasteiger partial charge in [-0.1, -0.05) is 0 Å². The van der Waals surface area contributed by atoms with E-state index in [1.165, 1.54) is 5.56 Å². The molecule has 1 N–H and O–H groups in total. The molecule has 152 valence electrons. The van der Waals surface area contributed by atoms with Gasteiger partial charge >= 0.3 is 0 Å². The van der Waals surface area contributed by atoms with Gasteiger partial charge in [0.2, 0.25) is 0 Å². The predicted molar refractivity (Wildman–Crippen MR) is 119 cm³/mol. The number of benzene rings is 1. The lowest BCUT2D eigenvalue weighted by molar-refractivity contribution is 0.181. The monoisotopic (exact) mass is 489 g/mol. The van der Waals surface area contributed by atoms with Gasteiger partial charge in [0.05, 0.1) is 20.3 Å². The summed E-state index contributed by atoms with van der Waals surface area (Å²) in [6, 6.07) is 4.17. The zero-order valence-corrected chi connectivity index (χ0v) is 19.1. The first-order valence-electron chi connectivity index (χ1n) is 9.54. The molecule has 0 bridgehead atoms. The molecule has 6 nitrogen and oxygen atoms in total. The fraction of sp³-hybridized carbons (Fsp3) is 0.650. The Bertz CT molecular complexity index is 648. The quantitative estimate of drug-likeness (QED) is 0.378. The Morgan fingerprint density at radius 3 is 2.89 bits per heavy atom. The van der Waals surface area contributed by atoms with E-state index in [4.69, 9.17) is 19.2 Å². The molecule has 2 aliphatic heterocycles. The number of methoxy groups -OCH3 is 1. The number of guanidine groups is 1. The van der Waals surface area contributed by atoms with Crippen molar-refractivity contribution >= 4 is 29.9 Å². The second kappa shape index (κ2) is 10.4. The molecule has 1 saturated heterocycles. The van der Waals surface area contributed by atoms with Crippen LogP contribution in [0.5, 0.6) is 11.5 Å². The van der Waals surface area contributed by atoms with Crippen LogP contribution >= 0.6 is 24.0 Å². The summed E-state index contributed by atoms with van der Waals surface area (Å²) in [6.45, 7) is 8.25. The number of hydrogen-bond acceptors (Lipinski definition) is 4. The molecule has 2 unspecified atom stereocenters. The zero-order chi connectivity index (χ0) is 18.5. The van der Waals surface area contributed by atoms with E-state index in [9.17, 15) is 0 Å². The van der Waals surface area contributed by atoms with E-state index >= 15 is 0 Å². The Morgan fingerprint density at radius 1 is 1.41 bits per heavy atom. The number of nitrogens with one attached hydrogen (secondary N) is 1. The molecule has 3 rings (SSSR count). The predicted octanol–water partition coefficient (Wildman–Crippen LogP) is 3.07. The Kier molecular flexibility index (Phi) is 8.47. The smallest absolute Gasteiger partial charge is 0.193 e. The standard InChI is InChI=1S/C20H31N3O3.HI/c1-5-21-20(23(3)12-15-6-7-25-13-15)22-11-17-10-19-16(8-14(2)26-19)9-18(17)24-4;/h9-10,14-15H,5-8,11-13H2,1-4H3,(H,21,22);1H. The van der Waals surface area contributed by atoms with Crippen molar-refractivity contribution in [3.8, 4) is 11.5 Å². The molecule has 2 atom stereocenters. The number of hydrogen-bond donors (Lipinski definition) is 1. The number of aliphatic imine (C=N–C) groups is 1. The van der Waals surface area contributed by atoms with Crippen LogP contribution in [0.3, 0.4) is 0 Å². The summed E-state index contributed by atoms with van der Waals surface area (Å²) in [5.74, 6) is 3.34. The van der Waals surface area contributed by atoms with E-state index in [-0.39, 0.29) is 30.1 Å². The minimum atomic E-state index is 0. The van der Waals surface area contributed by atoms with Crippen molar-refractivity contribution in [1.29, 1.82) is 0 Å². The molecular formula is C20H32IN3O3. The van der Waals surface area contributed by atoms with E-state index in [0.29, 0.717) is 12.5 Å². The lowest BCUT2D eigenvalue weighted by atomic mass is 10.1. The van der Waals surface area contributed by atoms with Crippen molar-refractivity contribution in [1.82, 2.24) is 10.2 Å². The van der Waals surface area contributed by atoms with Crippen molar-refractivity contribution in [3.05, 3.63) is 23.3 Å². The SMILES string of the molecule is CCNC(=NCc1cc2c(cc1OC)CC(C)O2)N(C)CC1CCOC1.I. The van der Waals surface area contributed by atoms with Crippen LogP contribution in [0.25, 0.3) is 0 Å². The average molecular weight is 489 g/mol. The van der Waals surface area contributed by atoms with Gasteiger partial charge in [-0.05, 0) is 32.4 Å². The topological polar surface area (TPSA) is 55.3 Å². The van der Waals surface area contributed by atoms with Crippen LogP contribution in [-0.4, -0.2) is 57.4 Å². The molecule has 0 aliphatic carbocycles. The molecule has 2 heterocycles. The van der Waals surface area contributed by atoms with Gasteiger partial charge < -0.3 is 24.4 Å². The third-order valence-electron chi connectivity index (χ3n) is 4.95. The third-order valence-corrected chi connectivity index (χ3v) is 4.95. The molecule has 2 aliphatic rings. The molecule has 0 saturated carbocycles. The van der Waals surface area contributed by atoms with E-state index < -0.39 is 0 Å². The van der Waals surface area contributed by atoms with Crippen molar-refractivity contribution in [3.63, 3.8) is 0 Å². The van der Waals surface area contributed by atoms with Crippen LogP contribution in [0.15, 0.2) is 17.1 Å². The minimum absolute atomic E-state index is 0. The summed E-state index contributed by atoms with van der Waals surface area (Å²) >= 11 is 0. The van der Waals surface area contributed by atoms with Crippen LogP contribution in [0.2, 0.25) is 0 Å². The normalized spacial score (nSPS) is 21.3. The van der Waals surface area contributed by atoms with Gasteiger partial charge in [-0.15, -0.1) is 24.0 Å². The van der Waals surface area contributed by atoms with Crippen molar-refractivity contribution < 1.29 is 14.2 Å². The highest BCUT2D eigenvalue weighted by molar-refractivity contribution is 14.0. The Labute approximate surface area is 179 Å². The van der Waals surface area contributed by atoms with Crippen LogP contribution in [0.4, 0.5) is 0 Å². The van der Waals surface area contributed by atoms with E-state index in [1.807, 2.05) is 0 Å². The first-order chi connectivity index (χ1) is 12.6. The lowest BCUT2D eigenvalue weighted by Gasteiger charge is -2.24. The maximum Gasteiger partial charge on any atom is 0.193 e. The molecule has 0 spiro atoms. The van der Waals surface area contributed by atoms with E-state index in [0.717, 1.165) is 62.2 Å². The molecule has 27 heavy (non-hydrogen) atoms. The Balaban J connectivity index is 0.00000261. The van der Waals surface area contributed by atoms with E-state index in [2.05, 4.69) is 43.2 Å². The van der Waals surface area contributed by atoms with Crippen LogP contribution < -0.4 is 14.8 Å². The number of rotatable bonds is 6. The highest BCUT2D eigenvalue weighted by Gasteiger charge is 2.22. The van der Waals surface area contributed by atoms with Crippen LogP contribution in [0.1, 0.15) is 31.4 Å². The number of ether oxygens (including phenoxy) is 3. The average Bonchev–Trinajstić information content (AvgIpc) is 3.25. The highest BCUT2D eigenvalue weighted by atomic mass is 127. The molecule has 7 heteroatoms. The van der Waals surface area contributed by atoms with E-state index in [1.54, 1.807) is 7.11 Å². The number of fused-ring (bicyclic) bond motifs is 1. The number of nitrogens with zero attached hydrogens (tertiary/aromatic N) is 2. The Morgan fingerprint density at radius 2 is 2.22 bits per heavy atom. The molecule has 1 aromatic rings. The number of halogens is 1. The largest absolute Gasteiger partial charge is 0.496 e. The fourth-order valence-corrected chi connectivity index (χ4v) is 3.63. The molecular weight excluding hydrogens is 457 g/mol. The van der Waals surface area contributed by atoms with Gasteiger partial charge in [0.15, 0.2) is 5.96 Å². The minimum Gasteiger partial charge on any atom is -0.496 e. The second-order valence-corrected chi connectivity index (χ2v) is 7.18. The first kappa shape index (κ1) is 22.1. The summed E-state index contributed by atoms with van der Waals surface area (Å²) in [7, 11) is 3.80. The van der Waals surface area contributed by atoms with Crippen molar-refractivity contribution in [2.24, 2.45) is 10.9 Å². The van der Waals surface area contributed by atoms with Gasteiger partial charge in [0.1, 0.15) is 17.6 Å². The molecule has 0 amide bonds. The molecule has 0 aromatic heterocycles. The van der Waals surface area contributed by atoms with Crippen LogP contribution in [-0.2, 0) is 17.7 Å². The maximum atomic E-state index is 5.89. The summed E-state index contributed by atoms with van der Waals surface area (Å²) < 4.78 is 17.0. The summed E-state index contributed by atoms with van der Waals surface area (Å²) in [6.07, 6.45) is 2.28. The van der Waals surface area contributed by atoms with Gasteiger partial charge in [0, 0.05) is 50.2 Å².